The fourth-order valence-corrected chi connectivity index (χ4v) is 2.98. The van der Waals surface area contributed by atoms with Crippen LogP contribution in [-0.4, -0.2) is 17.5 Å². The molecular weight excluding hydrogens is 238 g/mol. The van der Waals surface area contributed by atoms with Crippen molar-refractivity contribution in [3.05, 3.63) is 34.9 Å². The SMILES string of the molecule is CCCNC(CSC(C)C)c1cc(C)cc(C)c1. The Balaban J connectivity index is 2.79. The summed E-state index contributed by atoms with van der Waals surface area (Å²) in [4.78, 5) is 0. The van der Waals surface area contributed by atoms with Crippen molar-refractivity contribution in [1.82, 2.24) is 5.32 Å². The van der Waals surface area contributed by atoms with Gasteiger partial charge in [-0.1, -0.05) is 50.1 Å². The molecule has 0 aromatic heterocycles. The van der Waals surface area contributed by atoms with Crippen molar-refractivity contribution >= 4 is 11.8 Å². The number of hydrogen-bond donors (Lipinski definition) is 1. The monoisotopic (exact) mass is 265 g/mol. The molecule has 102 valence electrons. The average Bonchev–Trinajstić information content (AvgIpc) is 2.27. The summed E-state index contributed by atoms with van der Waals surface area (Å²) in [7, 11) is 0. The summed E-state index contributed by atoms with van der Waals surface area (Å²) in [6.45, 7) is 12.2. The Morgan fingerprint density at radius 1 is 1.11 bits per heavy atom. The fraction of sp³-hybridized carbons (Fsp3) is 0.625. The molecule has 0 bridgehead atoms. The quantitative estimate of drug-likeness (QED) is 0.780. The molecule has 1 nitrogen and oxygen atoms in total. The number of thioether (sulfide) groups is 1. The molecule has 0 aliphatic rings. The molecule has 1 aromatic rings. The van der Waals surface area contributed by atoms with Crippen LogP contribution in [-0.2, 0) is 0 Å². The van der Waals surface area contributed by atoms with E-state index in [9.17, 15) is 0 Å². The second kappa shape index (κ2) is 7.85. The smallest absolute Gasteiger partial charge is 0.0412 e. The van der Waals surface area contributed by atoms with Crippen molar-refractivity contribution in [2.24, 2.45) is 0 Å². The third-order valence-corrected chi connectivity index (χ3v) is 4.08. The lowest BCUT2D eigenvalue weighted by atomic mass is 10.0. The molecule has 1 aromatic carbocycles. The van der Waals surface area contributed by atoms with Gasteiger partial charge in [0.05, 0.1) is 0 Å². The minimum absolute atomic E-state index is 0.482. The van der Waals surface area contributed by atoms with Gasteiger partial charge in [-0.25, -0.2) is 0 Å². The lowest BCUT2D eigenvalue weighted by Crippen LogP contribution is -2.24. The van der Waals surface area contributed by atoms with Crippen LogP contribution in [0.25, 0.3) is 0 Å². The highest BCUT2D eigenvalue weighted by molar-refractivity contribution is 7.99. The Kier molecular flexibility index (Phi) is 6.80. The summed E-state index contributed by atoms with van der Waals surface area (Å²) in [5.41, 5.74) is 4.17. The molecule has 0 aliphatic carbocycles. The van der Waals surface area contributed by atoms with Crippen LogP contribution in [0.1, 0.15) is 49.9 Å². The second-order valence-corrected chi connectivity index (χ2v) is 6.92. The maximum absolute atomic E-state index is 3.67. The third-order valence-electron chi connectivity index (χ3n) is 2.88. The zero-order chi connectivity index (χ0) is 13.5. The predicted octanol–water partition coefficient (Wildman–Crippen LogP) is 4.49. The molecule has 0 saturated heterocycles. The normalized spacial score (nSPS) is 13.0. The molecule has 0 fully saturated rings. The average molecular weight is 265 g/mol. The maximum Gasteiger partial charge on any atom is 0.0412 e. The van der Waals surface area contributed by atoms with E-state index in [-0.39, 0.29) is 0 Å². The van der Waals surface area contributed by atoms with Crippen molar-refractivity contribution < 1.29 is 0 Å². The minimum atomic E-state index is 0.482. The zero-order valence-electron chi connectivity index (χ0n) is 12.4. The summed E-state index contributed by atoms with van der Waals surface area (Å²) in [6, 6.07) is 7.37. The van der Waals surface area contributed by atoms with E-state index in [2.05, 4.69) is 58.1 Å². The van der Waals surface area contributed by atoms with Gasteiger partial charge in [0.1, 0.15) is 0 Å². The Labute approximate surface area is 117 Å². The number of nitrogens with one attached hydrogen (secondary N) is 1. The van der Waals surface area contributed by atoms with Crippen LogP contribution < -0.4 is 5.32 Å². The van der Waals surface area contributed by atoms with Crippen molar-refractivity contribution in [1.29, 1.82) is 0 Å². The molecule has 0 heterocycles. The van der Waals surface area contributed by atoms with Crippen LogP contribution in [0.15, 0.2) is 18.2 Å². The van der Waals surface area contributed by atoms with Gasteiger partial charge < -0.3 is 5.32 Å². The van der Waals surface area contributed by atoms with Crippen LogP contribution >= 0.6 is 11.8 Å². The molecule has 0 radical (unpaired) electrons. The molecule has 2 heteroatoms. The van der Waals surface area contributed by atoms with Crippen molar-refractivity contribution in [3.63, 3.8) is 0 Å². The zero-order valence-corrected chi connectivity index (χ0v) is 13.2. The van der Waals surface area contributed by atoms with Gasteiger partial charge >= 0.3 is 0 Å². The number of rotatable bonds is 7. The van der Waals surface area contributed by atoms with Crippen molar-refractivity contribution in [2.45, 2.75) is 52.3 Å². The summed E-state index contributed by atoms with van der Waals surface area (Å²) >= 11 is 2.03. The van der Waals surface area contributed by atoms with Crippen LogP contribution in [0.5, 0.6) is 0 Å². The van der Waals surface area contributed by atoms with Gasteiger partial charge in [-0.2, -0.15) is 11.8 Å². The van der Waals surface area contributed by atoms with E-state index in [1.165, 1.54) is 23.1 Å². The van der Waals surface area contributed by atoms with E-state index in [4.69, 9.17) is 0 Å². The van der Waals surface area contributed by atoms with Crippen LogP contribution in [0.3, 0.4) is 0 Å². The van der Waals surface area contributed by atoms with Gasteiger partial charge in [-0.3, -0.25) is 0 Å². The molecule has 18 heavy (non-hydrogen) atoms. The second-order valence-electron chi connectivity index (χ2n) is 5.31. The Morgan fingerprint density at radius 3 is 2.22 bits per heavy atom. The molecule has 1 unspecified atom stereocenters. The van der Waals surface area contributed by atoms with Gasteiger partial charge in [0.15, 0.2) is 0 Å². The fourth-order valence-electron chi connectivity index (χ4n) is 2.09. The molecular formula is C16H27NS. The third kappa shape index (κ3) is 5.45. The topological polar surface area (TPSA) is 12.0 Å². The maximum atomic E-state index is 3.67. The Bertz CT molecular complexity index is 340. The van der Waals surface area contributed by atoms with Gasteiger partial charge in [-0.15, -0.1) is 0 Å². The van der Waals surface area contributed by atoms with Gasteiger partial charge in [0.25, 0.3) is 0 Å². The molecule has 1 rings (SSSR count). The van der Waals surface area contributed by atoms with Crippen molar-refractivity contribution in [2.75, 3.05) is 12.3 Å². The summed E-state index contributed by atoms with van der Waals surface area (Å²) in [5.74, 6) is 1.15. The van der Waals surface area contributed by atoms with E-state index in [0.29, 0.717) is 11.3 Å². The lowest BCUT2D eigenvalue weighted by molar-refractivity contribution is 0.576. The molecule has 0 amide bonds. The first-order valence-corrected chi connectivity index (χ1v) is 8.01. The van der Waals surface area contributed by atoms with E-state index in [1.807, 2.05) is 11.8 Å². The highest BCUT2D eigenvalue weighted by Crippen LogP contribution is 2.23. The van der Waals surface area contributed by atoms with Crippen LogP contribution in [0.4, 0.5) is 0 Å². The number of hydrogen-bond acceptors (Lipinski definition) is 2. The standard InChI is InChI=1S/C16H27NS/c1-6-7-17-16(11-18-12(2)3)15-9-13(4)8-14(5)10-15/h8-10,12,16-17H,6-7,11H2,1-5H3. The molecule has 0 aliphatic heterocycles. The molecule has 0 spiro atoms. The predicted molar refractivity (Wildman–Crippen MR) is 84.5 cm³/mol. The van der Waals surface area contributed by atoms with Gasteiger partial charge in [0, 0.05) is 11.8 Å². The first kappa shape index (κ1) is 15.6. The van der Waals surface area contributed by atoms with E-state index in [0.717, 1.165) is 12.3 Å². The Hall–Kier alpha value is -0.470. The van der Waals surface area contributed by atoms with Gasteiger partial charge in [-0.05, 0) is 37.6 Å². The van der Waals surface area contributed by atoms with E-state index >= 15 is 0 Å². The molecule has 1 atom stereocenters. The van der Waals surface area contributed by atoms with E-state index in [1.54, 1.807) is 0 Å². The van der Waals surface area contributed by atoms with Crippen molar-refractivity contribution in [3.8, 4) is 0 Å². The lowest BCUT2D eigenvalue weighted by Gasteiger charge is -2.21. The first-order chi connectivity index (χ1) is 8.52. The highest BCUT2D eigenvalue weighted by Gasteiger charge is 2.12. The Morgan fingerprint density at radius 2 is 1.72 bits per heavy atom. The summed E-state index contributed by atoms with van der Waals surface area (Å²) in [6.07, 6.45) is 1.19. The van der Waals surface area contributed by atoms with Gasteiger partial charge in [0.2, 0.25) is 0 Å². The summed E-state index contributed by atoms with van der Waals surface area (Å²) < 4.78 is 0. The largest absolute Gasteiger partial charge is 0.309 e. The highest BCUT2D eigenvalue weighted by atomic mass is 32.2. The number of aryl methyl sites for hydroxylation is 2. The number of benzene rings is 1. The minimum Gasteiger partial charge on any atom is -0.309 e. The molecule has 1 N–H and O–H groups in total. The van der Waals surface area contributed by atoms with E-state index < -0.39 is 0 Å². The molecule has 0 saturated carbocycles. The first-order valence-electron chi connectivity index (χ1n) is 6.96. The van der Waals surface area contributed by atoms with Crippen LogP contribution in [0, 0.1) is 13.8 Å². The summed E-state index contributed by atoms with van der Waals surface area (Å²) in [5, 5.41) is 4.37. The van der Waals surface area contributed by atoms with Crippen LogP contribution in [0.2, 0.25) is 0 Å².